The number of nitrogens with two attached hydrogens (primary N) is 1. The average Bonchev–Trinajstić information content (AvgIpc) is 2.68. The molecule has 0 aliphatic rings. The van der Waals surface area contributed by atoms with Gasteiger partial charge in [0.05, 0.1) is 12.6 Å². The third-order valence-corrected chi connectivity index (χ3v) is 3.92. The van der Waals surface area contributed by atoms with Crippen molar-refractivity contribution in [3.05, 3.63) is 61.1 Å². The van der Waals surface area contributed by atoms with Crippen molar-refractivity contribution in [3.63, 3.8) is 0 Å². The predicted octanol–water partition coefficient (Wildman–Crippen LogP) is 3.34. The molecule has 0 unspecified atom stereocenters. The first-order valence-corrected chi connectivity index (χ1v) is 7.73. The first-order valence-electron chi connectivity index (χ1n) is 7.73. The fraction of sp³-hybridized carbons (Fsp3) is 0.0526. The second kappa shape index (κ2) is 6.16. The van der Waals surface area contributed by atoms with Crippen molar-refractivity contribution < 1.29 is 4.74 Å². The zero-order valence-corrected chi connectivity index (χ0v) is 13.5. The first-order chi connectivity index (χ1) is 12.2. The molecule has 1 aromatic carbocycles. The van der Waals surface area contributed by atoms with E-state index in [2.05, 4.69) is 19.9 Å². The summed E-state index contributed by atoms with van der Waals surface area (Å²) >= 11 is 0. The van der Waals surface area contributed by atoms with E-state index in [4.69, 9.17) is 10.5 Å². The van der Waals surface area contributed by atoms with Crippen molar-refractivity contribution in [2.45, 2.75) is 0 Å². The van der Waals surface area contributed by atoms with Gasteiger partial charge in [0.15, 0.2) is 5.82 Å². The third-order valence-electron chi connectivity index (χ3n) is 3.92. The number of anilines is 1. The van der Waals surface area contributed by atoms with Crippen molar-refractivity contribution >= 4 is 16.7 Å². The highest BCUT2D eigenvalue weighted by atomic mass is 16.5. The minimum Gasteiger partial charge on any atom is -0.481 e. The van der Waals surface area contributed by atoms with Gasteiger partial charge >= 0.3 is 0 Å². The third kappa shape index (κ3) is 2.85. The van der Waals surface area contributed by atoms with Crippen LogP contribution in [0.25, 0.3) is 33.4 Å². The molecule has 0 radical (unpaired) electrons. The molecule has 6 nitrogen and oxygen atoms in total. The van der Waals surface area contributed by atoms with Gasteiger partial charge in [0, 0.05) is 41.2 Å². The molecule has 0 atom stereocenters. The summed E-state index contributed by atoms with van der Waals surface area (Å²) in [4.78, 5) is 17.4. The van der Waals surface area contributed by atoms with E-state index >= 15 is 0 Å². The number of ether oxygens (including phenoxy) is 1. The van der Waals surface area contributed by atoms with E-state index < -0.39 is 0 Å². The normalized spacial score (nSPS) is 10.8. The zero-order chi connectivity index (χ0) is 17.2. The number of nitrogen functional groups attached to an aromatic ring is 1. The lowest BCUT2D eigenvalue weighted by Gasteiger charge is -2.08. The lowest BCUT2D eigenvalue weighted by molar-refractivity contribution is 0.398. The van der Waals surface area contributed by atoms with Crippen LogP contribution in [0.2, 0.25) is 0 Å². The van der Waals surface area contributed by atoms with Crippen molar-refractivity contribution in [3.8, 4) is 28.4 Å². The summed E-state index contributed by atoms with van der Waals surface area (Å²) in [6.07, 6.45) is 5.20. The molecule has 25 heavy (non-hydrogen) atoms. The average molecular weight is 329 g/mol. The molecule has 4 rings (SSSR count). The SMILES string of the molecule is COc1ccc(-c2ccc3nc(-c4cccnc4)nc(N)c3c2)cn1. The quantitative estimate of drug-likeness (QED) is 0.620. The lowest BCUT2D eigenvalue weighted by atomic mass is 10.1. The number of hydrogen-bond donors (Lipinski definition) is 1. The van der Waals surface area contributed by atoms with Crippen molar-refractivity contribution in [2.24, 2.45) is 0 Å². The Bertz CT molecular complexity index is 1030. The van der Waals surface area contributed by atoms with Crippen LogP contribution < -0.4 is 10.5 Å². The van der Waals surface area contributed by atoms with Gasteiger partial charge in [-0.15, -0.1) is 0 Å². The molecule has 3 aromatic heterocycles. The van der Waals surface area contributed by atoms with Gasteiger partial charge in [-0.1, -0.05) is 6.07 Å². The second-order valence-corrected chi connectivity index (χ2v) is 5.50. The number of hydrogen-bond acceptors (Lipinski definition) is 6. The van der Waals surface area contributed by atoms with Crippen molar-refractivity contribution in [2.75, 3.05) is 12.8 Å². The summed E-state index contributed by atoms with van der Waals surface area (Å²) in [7, 11) is 1.59. The highest BCUT2D eigenvalue weighted by Crippen LogP contribution is 2.28. The summed E-state index contributed by atoms with van der Waals surface area (Å²) in [5.74, 6) is 1.58. The Morgan fingerprint density at radius 1 is 0.920 bits per heavy atom. The largest absolute Gasteiger partial charge is 0.481 e. The molecule has 122 valence electrons. The molecule has 0 aliphatic heterocycles. The van der Waals surface area contributed by atoms with Crippen molar-refractivity contribution in [1.82, 2.24) is 19.9 Å². The number of rotatable bonds is 3. The molecule has 0 fully saturated rings. The summed E-state index contributed by atoms with van der Waals surface area (Å²) in [5.41, 5.74) is 9.76. The van der Waals surface area contributed by atoms with Crippen LogP contribution >= 0.6 is 0 Å². The molecule has 0 saturated heterocycles. The van der Waals surface area contributed by atoms with E-state index in [1.54, 1.807) is 25.7 Å². The Balaban J connectivity index is 1.79. The van der Waals surface area contributed by atoms with Gasteiger partial charge in [-0.05, 0) is 35.9 Å². The van der Waals surface area contributed by atoms with Gasteiger partial charge in [0.2, 0.25) is 5.88 Å². The summed E-state index contributed by atoms with van der Waals surface area (Å²) in [6.45, 7) is 0. The molecule has 0 spiro atoms. The van der Waals surface area contributed by atoms with Gasteiger partial charge in [0.1, 0.15) is 5.82 Å². The van der Waals surface area contributed by atoms with Crippen LogP contribution in [0.1, 0.15) is 0 Å². The topological polar surface area (TPSA) is 86.8 Å². The van der Waals surface area contributed by atoms with Gasteiger partial charge in [-0.25, -0.2) is 15.0 Å². The number of fused-ring (bicyclic) bond motifs is 1. The molecule has 6 heteroatoms. The van der Waals surface area contributed by atoms with Crippen molar-refractivity contribution in [1.29, 1.82) is 0 Å². The van der Waals surface area contributed by atoms with Crippen LogP contribution in [0, 0.1) is 0 Å². The number of methoxy groups -OCH3 is 1. The molecule has 3 heterocycles. The summed E-state index contributed by atoms with van der Waals surface area (Å²) < 4.78 is 5.09. The molecule has 0 saturated carbocycles. The molecule has 0 amide bonds. The monoisotopic (exact) mass is 329 g/mol. The van der Waals surface area contributed by atoms with Crippen LogP contribution in [0.5, 0.6) is 5.88 Å². The van der Waals surface area contributed by atoms with Gasteiger partial charge in [0.25, 0.3) is 0 Å². The second-order valence-electron chi connectivity index (χ2n) is 5.50. The highest BCUT2D eigenvalue weighted by molar-refractivity contribution is 5.92. The fourth-order valence-electron chi connectivity index (χ4n) is 2.63. The maximum absolute atomic E-state index is 6.18. The standard InChI is InChI=1S/C19H15N5O/c1-25-17-7-5-13(11-22-17)12-4-6-16-15(9-12)18(20)24-19(23-16)14-3-2-8-21-10-14/h2-11H,1H3,(H2,20,23,24). The number of pyridine rings is 2. The zero-order valence-electron chi connectivity index (χ0n) is 13.5. The predicted molar refractivity (Wildman–Crippen MR) is 97.0 cm³/mol. The van der Waals surface area contributed by atoms with Gasteiger partial charge in [-0.2, -0.15) is 0 Å². The van der Waals surface area contributed by atoms with E-state index in [0.29, 0.717) is 17.5 Å². The molecule has 0 bridgehead atoms. The van der Waals surface area contributed by atoms with Crippen LogP contribution in [0.4, 0.5) is 5.82 Å². The van der Waals surface area contributed by atoms with E-state index in [1.165, 1.54) is 0 Å². The van der Waals surface area contributed by atoms with Crippen LogP contribution in [0.15, 0.2) is 61.1 Å². The van der Waals surface area contributed by atoms with Crippen LogP contribution in [0.3, 0.4) is 0 Å². The summed E-state index contributed by atoms with van der Waals surface area (Å²) in [6, 6.07) is 13.4. The van der Waals surface area contributed by atoms with Crippen LogP contribution in [-0.4, -0.2) is 27.0 Å². The van der Waals surface area contributed by atoms with Crippen LogP contribution in [-0.2, 0) is 0 Å². The number of nitrogens with zero attached hydrogens (tertiary/aromatic N) is 4. The maximum atomic E-state index is 6.18. The Labute approximate surface area is 144 Å². The van der Waals surface area contributed by atoms with Gasteiger partial charge in [-0.3, -0.25) is 4.98 Å². The Morgan fingerprint density at radius 3 is 2.52 bits per heavy atom. The smallest absolute Gasteiger partial charge is 0.212 e. The number of aromatic nitrogens is 4. The molecular formula is C19H15N5O. The van der Waals surface area contributed by atoms with E-state index in [9.17, 15) is 0 Å². The number of benzene rings is 1. The molecule has 4 aromatic rings. The Kier molecular flexibility index (Phi) is 3.70. The maximum Gasteiger partial charge on any atom is 0.212 e. The van der Waals surface area contributed by atoms with Gasteiger partial charge < -0.3 is 10.5 Å². The first kappa shape index (κ1) is 15.0. The Morgan fingerprint density at radius 2 is 1.80 bits per heavy atom. The minimum absolute atomic E-state index is 0.437. The Hall–Kier alpha value is -3.54. The lowest BCUT2D eigenvalue weighted by Crippen LogP contribution is -1.98. The minimum atomic E-state index is 0.437. The molecular weight excluding hydrogens is 314 g/mol. The highest BCUT2D eigenvalue weighted by Gasteiger charge is 2.09. The van der Waals surface area contributed by atoms with E-state index in [-0.39, 0.29) is 0 Å². The fourth-order valence-corrected chi connectivity index (χ4v) is 2.63. The summed E-state index contributed by atoms with van der Waals surface area (Å²) in [5, 5.41) is 0.806. The van der Waals surface area contributed by atoms with E-state index in [0.717, 1.165) is 27.6 Å². The molecule has 0 aliphatic carbocycles. The van der Waals surface area contributed by atoms with E-state index in [1.807, 2.05) is 42.5 Å². The molecule has 2 N–H and O–H groups in total.